The lowest BCUT2D eigenvalue weighted by molar-refractivity contribution is -0.151. The minimum Gasteiger partial charge on any atom is -0.484 e. The molecule has 0 unspecified atom stereocenters. The highest BCUT2D eigenvalue weighted by Gasteiger charge is 2.61. The van der Waals surface area contributed by atoms with Crippen LogP contribution in [-0.4, -0.2) is 41.5 Å². The maximum Gasteiger partial charge on any atom is 0.276 e. The molecule has 7 nitrogen and oxygen atoms in total. The van der Waals surface area contributed by atoms with Crippen molar-refractivity contribution in [2.24, 2.45) is 11.8 Å². The Morgan fingerprint density at radius 1 is 1.21 bits per heavy atom. The highest BCUT2D eigenvalue weighted by Crippen LogP contribution is 2.44. The standard InChI is InChI=1S/C17H16N2O5/c1-9-3-2-4-10(7-9)23-8-13(20)18-19-16(21)14-11-5-6-12(24-11)15(14)17(19)22/h2-7,11-12,14-15H,8H2,1H3,(H,18,20)/t11-,12-,14-,15+/m0/s1. The van der Waals surface area contributed by atoms with E-state index in [1.807, 2.05) is 19.1 Å². The van der Waals surface area contributed by atoms with Gasteiger partial charge in [-0.3, -0.25) is 19.8 Å². The van der Waals surface area contributed by atoms with Crippen molar-refractivity contribution in [3.8, 4) is 5.75 Å². The molecule has 2 saturated heterocycles. The second-order valence-electron chi connectivity index (χ2n) is 6.15. The van der Waals surface area contributed by atoms with E-state index in [0.717, 1.165) is 10.6 Å². The van der Waals surface area contributed by atoms with Crippen molar-refractivity contribution in [3.05, 3.63) is 42.0 Å². The predicted octanol–water partition coefficient (Wildman–Crippen LogP) is 0.343. The zero-order valence-electron chi connectivity index (χ0n) is 13.0. The molecular weight excluding hydrogens is 312 g/mol. The number of ether oxygens (including phenoxy) is 2. The summed E-state index contributed by atoms with van der Waals surface area (Å²) in [6.07, 6.45) is 2.84. The molecule has 0 aromatic heterocycles. The van der Waals surface area contributed by atoms with Crippen molar-refractivity contribution < 1.29 is 23.9 Å². The van der Waals surface area contributed by atoms with E-state index in [-0.39, 0.29) is 18.8 Å². The Bertz CT molecular complexity index is 729. The Balaban J connectivity index is 1.38. The zero-order valence-corrected chi connectivity index (χ0v) is 13.0. The highest BCUT2D eigenvalue weighted by atomic mass is 16.5. The fraction of sp³-hybridized carbons (Fsp3) is 0.353. The van der Waals surface area contributed by atoms with Gasteiger partial charge >= 0.3 is 0 Å². The molecule has 7 heteroatoms. The SMILES string of the molecule is Cc1cccc(OCC(=O)NN2C(=O)[C@@H]3[C@H](C2=O)[C@@H]2C=C[C@@H]3O2)c1. The molecular formula is C17H16N2O5. The summed E-state index contributed by atoms with van der Waals surface area (Å²) in [5, 5.41) is 0.812. The van der Waals surface area contributed by atoms with Gasteiger partial charge in [-0.15, -0.1) is 0 Å². The van der Waals surface area contributed by atoms with Gasteiger partial charge in [-0.2, -0.15) is 5.01 Å². The number of aryl methyl sites for hydroxylation is 1. The Morgan fingerprint density at radius 3 is 2.50 bits per heavy atom. The van der Waals surface area contributed by atoms with Crippen LogP contribution in [0.25, 0.3) is 0 Å². The number of hydrogen-bond acceptors (Lipinski definition) is 5. The van der Waals surface area contributed by atoms with Gasteiger partial charge in [-0.05, 0) is 24.6 Å². The summed E-state index contributed by atoms with van der Waals surface area (Å²) in [5.74, 6) is -1.93. The van der Waals surface area contributed by atoms with Crippen LogP contribution in [0.5, 0.6) is 5.75 Å². The van der Waals surface area contributed by atoms with Crippen molar-refractivity contribution in [1.82, 2.24) is 10.4 Å². The number of nitrogens with zero attached hydrogens (tertiary/aromatic N) is 1. The van der Waals surface area contributed by atoms with E-state index < -0.39 is 29.6 Å². The lowest BCUT2D eigenvalue weighted by atomic mass is 9.85. The summed E-state index contributed by atoms with van der Waals surface area (Å²) in [7, 11) is 0. The number of hydrazine groups is 1. The second kappa shape index (κ2) is 5.45. The van der Waals surface area contributed by atoms with Crippen molar-refractivity contribution in [2.75, 3.05) is 6.61 Å². The summed E-state index contributed by atoms with van der Waals surface area (Å²) in [5.41, 5.74) is 3.36. The number of carbonyl (C=O) groups is 3. The number of rotatable bonds is 4. The average molecular weight is 328 g/mol. The Morgan fingerprint density at radius 2 is 1.88 bits per heavy atom. The van der Waals surface area contributed by atoms with E-state index in [1.165, 1.54) is 0 Å². The molecule has 0 radical (unpaired) electrons. The van der Waals surface area contributed by atoms with Gasteiger partial charge in [0, 0.05) is 0 Å². The molecule has 3 aliphatic heterocycles. The van der Waals surface area contributed by atoms with E-state index in [4.69, 9.17) is 9.47 Å². The van der Waals surface area contributed by atoms with Crippen LogP contribution in [0.3, 0.4) is 0 Å². The van der Waals surface area contributed by atoms with Crippen molar-refractivity contribution in [1.29, 1.82) is 0 Å². The van der Waals surface area contributed by atoms with Gasteiger partial charge in [0.1, 0.15) is 5.75 Å². The first kappa shape index (κ1) is 14.9. The van der Waals surface area contributed by atoms with Gasteiger partial charge in [0.25, 0.3) is 17.7 Å². The Hall–Kier alpha value is -2.67. The van der Waals surface area contributed by atoms with Crippen LogP contribution >= 0.6 is 0 Å². The third-order valence-electron chi connectivity index (χ3n) is 4.51. The third-order valence-corrected chi connectivity index (χ3v) is 4.51. The topological polar surface area (TPSA) is 84.9 Å². The van der Waals surface area contributed by atoms with E-state index in [1.54, 1.807) is 24.3 Å². The maximum atomic E-state index is 12.4. The molecule has 3 aliphatic rings. The first-order valence-corrected chi connectivity index (χ1v) is 7.75. The maximum absolute atomic E-state index is 12.4. The molecule has 1 aromatic carbocycles. The largest absolute Gasteiger partial charge is 0.484 e. The Labute approximate surface area is 138 Å². The molecule has 0 aliphatic carbocycles. The second-order valence-corrected chi connectivity index (χ2v) is 6.15. The molecule has 4 atom stereocenters. The molecule has 2 bridgehead atoms. The van der Waals surface area contributed by atoms with Gasteiger partial charge in [0.05, 0.1) is 24.0 Å². The van der Waals surface area contributed by atoms with E-state index in [2.05, 4.69) is 5.43 Å². The van der Waals surface area contributed by atoms with Crippen LogP contribution in [0.1, 0.15) is 5.56 Å². The molecule has 3 heterocycles. The molecule has 1 N–H and O–H groups in total. The smallest absolute Gasteiger partial charge is 0.276 e. The lowest BCUT2D eigenvalue weighted by Crippen LogP contribution is -2.49. The van der Waals surface area contributed by atoms with E-state index in [9.17, 15) is 14.4 Å². The van der Waals surface area contributed by atoms with Crippen molar-refractivity contribution in [2.45, 2.75) is 19.1 Å². The zero-order chi connectivity index (χ0) is 16.8. The van der Waals surface area contributed by atoms with Gasteiger partial charge in [-0.1, -0.05) is 24.3 Å². The summed E-state index contributed by atoms with van der Waals surface area (Å²) in [6.45, 7) is 1.63. The normalized spacial score (nSPS) is 30.0. The summed E-state index contributed by atoms with van der Waals surface area (Å²) in [4.78, 5) is 36.8. The monoisotopic (exact) mass is 328 g/mol. The number of amides is 3. The van der Waals surface area contributed by atoms with Gasteiger partial charge in [-0.25, -0.2) is 0 Å². The van der Waals surface area contributed by atoms with Gasteiger partial charge in [0.15, 0.2) is 6.61 Å². The molecule has 1 aromatic rings. The quantitative estimate of drug-likeness (QED) is 0.636. The number of fused-ring (bicyclic) bond motifs is 5. The molecule has 24 heavy (non-hydrogen) atoms. The third kappa shape index (κ3) is 2.28. The van der Waals surface area contributed by atoms with E-state index >= 15 is 0 Å². The van der Waals surface area contributed by atoms with Crippen molar-refractivity contribution in [3.63, 3.8) is 0 Å². The summed E-state index contributed by atoms with van der Waals surface area (Å²) >= 11 is 0. The van der Waals surface area contributed by atoms with Gasteiger partial charge in [0.2, 0.25) is 0 Å². The molecule has 3 amide bonds. The summed E-state index contributed by atoms with van der Waals surface area (Å²) < 4.78 is 10.9. The minimum absolute atomic E-state index is 0.280. The number of nitrogens with one attached hydrogen (secondary N) is 1. The number of imide groups is 1. The number of hydrogen-bond donors (Lipinski definition) is 1. The van der Waals surface area contributed by atoms with Crippen LogP contribution in [0.15, 0.2) is 36.4 Å². The van der Waals surface area contributed by atoms with Crippen LogP contribution in [-0.2, 0) is 19.1 Å². The van der Waals surface area contributed by atoms with Crippen molar-refractivity contribution >= 4 is 17.7 Å². The molecule has 0 saturated carbocycles. The van der Waals surface area contributed by atoms with Crippen LogP contribution in [0, 0.1) is 18.8 Å². The Kier molecular flexibility index (Phi) is 3.38. The molecule has 124 valence electrons. The first-order chi connectivity index (χ1) is 11.5. The van der Waals surface area contributed by atoms with Crippen LogP contribution in [0.4, 0.5) is 0 Å². The first-order valence-electron chi connectivity index (χ1n) is 7.75. The average Bonchev–Trinajstić information content (AvgIpc) is 3.23. The van der Waals surface area contributed by atoms with Crippen LogP contribution < -0.4 is 10.2 Å². The molecule has 0 spiro atoms. The number of benzene rings is 1. The fourth-order valence-corrected chi connectivity index (χ4v) is 3.42. The molecule has 2 fully saturated rings. The lowest BCUT2D eigenvalue weighted by Gasteiger charge is -2.18. The molecule has 4 rings (SSSR count). The van der Waals surface area contributed by atoms with E-state index in [0.29, 0.717) is 5.75 Å². The van der Waals surface area contributed by atoms with Crippen LogP contribution in [0.2, 0.25) is 0 Å². The predicted molar refractivity (Wildman–Crippen MR) is 81.5 cm³/mol. The minimum atomic E-state index is -0.556. The summed E-state index contributed by atoms with van der Waals surface area (Å²) in [6, 6.07) is 7.26. The van der Waals surface area contributed by atoms with Gasteiger partial charge < -0.3 is 9.47 Å². The number of carbonyl (C=O) groups excluding carboxylic acids is 3. The fourth-order valence-electron chi connectivity index (χ4n) is 3.42. The highest BCUT2D eigenvalue weighted by molar-refractivity contribution is 6.07.